The van der Waals surface area contributed by atoms with Crippen LogP contribution in [0.4, 0.5) is 0 Å². The molecule has 0 saturated carbocycles. The highest BCUT2D eigenvalue weighted by atomic mass is 79.9. The molecule has 0 bridgehead atoms. The third-order valence-corrected chi connectivity index (χ3v) is 5.62. The molecule has 3 aromatic rings. The molecule has 2 aliphatic heterocycles. The van der Waals surface area contributed by atoms with Gasteiger partial charge >= 0.3 is 0 Å². The van der Waals surface area contributed by atoms with Crippen molar-refractivity contribution < 1.29 is 9.47 Å². The lowest BCUT2D eigenvalue weighted by Gasteiger charge is -2.38. The fourth-order valence-electron chi connectivity index (χ4n) is 3.78. The molecule has 1 aromatic heterocycles. The summed E-state index contributed by atoms with van der Waals surface area (Å²) in [5, 5.41) is 7.02. The number of benzene rings is 2. The lowest BCUT2D eigenvalue weighted by molar-refractivity contribution is -0.0192. The molecule has 0 amide bonds. The van der Waals surface area contributed by atoms with Crippen molar-refractivity contribution >= 4 is 21.6 Å². The van der Waals surface area contributed by atoms with E-state index >= 15 is 0 Å². The number of rotatable bonds is 3. The van der Waals surface area contributed by atoms with Gasteiger partial charge in [0.25, 0.3) is 0 Å². The standard InChI is InChI=1S/C22H18BrN3O2/c1-27-17-6-2-4-14(10-17)19-12-20-18-11-16(23)7-8-21(18)28-22(26(20)25-19)15-5-3-9-24-13-15/h2-11,13,20,22H,12H2,1H3/t20-,22-/m1/s1. The van der Waals surface area contributed by atoms with Crippen molar-refractivity contribution in [2.75, 3.05) is 7.11 Å². The van der Waals surface area contributed by atoms with E-state index < -0.39 is 0 Å². The van der Waals surface area contributed by atoms with E-state index in [2.05, 4.69) is 38.1 Å². The Kier molecular flexibility index (Phi) is 4.28. The molecule has 0 aliphatic carbocycles. The SMILES string of the molecule is COc1cccc(C2=NN3[C@H](C2)c2cc(Br)ccc2O[C@@H]3c2cccnc2)c1. The lowest BCUT2D eigenvalue weighted by atomic mass is 9.96. The normalized spacial score (nSPS) is 20.1. The number of pyridine rings is 1. The van der Waals surface area contributed by atoms with Gasteiger partial charge in [-0.2, -0.15) is 5.10 Å². The van der Waals surface area contributed by atoms with Crippen LogP contribution >= 0.6 is 15.9 Å². The maximum atomic E-state index is 6.35. The smallest absolute Gasteiger partial charge is 0.215 e. The highest BCUT2D eigenvalue weighted by Gasteiger charge is 2.41. The molecule has 2 atom stereocenters. The Hall–Kier alpha value is -2.86. The summed E-state index contributed by atoms with van der Waals surface area (Å²) >= 11 is 3.59. The zero-order chi connectivity index (χ0) is 19.1. The van der Waals surface area contributed by atoms with Gasteiger partial charge in [0, 0.05) is 40.0 Å². The van der Waals surface area contributed by atoms with Crippen LogP contribution in [-0.2, 0) is 0 Å². The van der Waals surface area contributed by atoms with Crippen molar-refractivity contribution in [2.45, 2.75) is 18.7 Å². The summed E-state index contributed by atoms with van der Waals surface area (Å²) in [6.07, 6.45) is 4.10. The number of fused-ring (bicyclic) bond motifs is 3. The van der Waals surface area contributed by atoms with Crippen LogP contribution in [0.5, 0.6) is 11.5 Å². The van der Waals surface area contributed by atoms with E-state index in [0.717, 1.165) is 44.8 Å². The van der Waals surface area contributed by atoms with Crippen molar-refractivity contribution in [2.24, 2.45) is 5.10 Å². The average molecular weight is 436 g/mol. The molecule has 2 aromatic carbocycles. The van der Waals surface area contributed by atoms with Gasteiger partial charge in [-0.15, -0.1) is 0 Å². The van der Waals surface area contributed by atoms with Gasteiger partial charge in [-0.3, -0.25) is 4.98 Å². The van der Waals surface area contributed by atoms with Crippen molar-refractivity contribution in [1.29, 1.82) is 0 Å². The second-order valence-electron chi connectivity index (χ2n) is 6.82. The fraction of sp³-hybridized carbons (Fsp3) is 0.182. The van der Waals surface area contributed by atoms with E-state index in [4.69, 9.17) is 14.6 Å². The average Bonchev–Trinajstić information content (AvgIpc) is 3.20. The minimum Gasteiger partial charge on any atom is -0.497 e. The van der Waals surface area contributed by atoms with Gasteiger partial charge in [-0.1, -0.05) is 34.1 Å². The first-order valence-electron chi connectivity index (χ1n) is 9.09. The van der Waals surface area contributed by atoms with Crippen LogP contribution in [0.1, 0.15) is 35.4 Å². The van der Waals surface area contributed by atoms with Gasteiger partial charge in [0.1, 0.15) is 11.5 Å². The molecule has 3 heterocycles. The van der Waals surface area contributed by atoms with Crippen LogP contribution < -0.4 is 9.47 Å². The van der Waals surface area contributed by atoms with E-state index in [-0.39, 0.29) is 12.3 Å². The third kappa shape index (κ3) is 2.94. The van der Waals surface area contributed by atoms with Crippen LogP contribution in [0.3, 0.4) is 0 Å². The molecule has 5 rings (SSSR count). The molecule has 0 radical (unpaired) electrons. The van der Waals surface area contributed by atoms with Crippen molar-refractivity contribution in [3.05, 3.63) is 88.2 Å². The number of ether oxygens (including phenoxy) is 2. The minimum atomic E-state index is -0.310. The number of nitrogens with zero attached hydrogens (tertiary/aromatic N) is 3. The lowest BCUT2D eigenvalue weighted by Crippen LogP contribution is -2.33. The third-order valence-electron chi connectivity index (χ3n) is 5.12. The molecule has 0 spiro atoms. The van der Waals surface area contributed by atoms with E-state index in [1.54, 1.807) is 13.3 Å². The maximum absolute atomic E-state index is 6.35. The molecule has 140 valence electrons. The van der Waals surface area contributed by atoms with Crippen LogP contribution in [-0.4, -0.2) is 22.8 Å². The van der Waals surface area contributed by atoms with Gasteiger partial charge < -0.3 is 9.47 Å². The van der Waals surface area contributed by atoms with Crippen molar-refractivity contribution in [1.82, 2.24) is 9.99 Å². The summed E-state index contributed by atoms with van der Waals surface area (Å²) in [5.74, 6) is 1.72. The number of methoxy groups -OCH3 is 1. The zero-order valence-corrected chi connectivity index (χ0v) is 16.8. The van der Waals surface area contributed by atoms with E-state index in [1.807, 2.05) is 48.7 Å². The van der Waals surface area contributed by atoms with Gasteiger partial charge in [-0.25, -0.2) is 5.01 Å². The predicted octanol–water partition coefficient (Wildman–Crippen LogP) is 5.10. The number of hydrazone groups is 1. The Morgan fingerprint density at radius 1 is 1.14 bits per heavy atom. The molecule has 0 N–H and O–H groups in total. The first-order valence-corrected chi connectivity index (χ1v) is 9.88. The largest absolute Gasteiger partial charge is 0.497 e. The summed E-state index contributed by atoms with van der Waals surface area (Å²) in [4.78, 5) is 4.26. The Balaban J connectivity index is 1.60. The topological polar surface area (TPSA) is 47.0 Å². The molecule has 2 aliphatic rings. The fourth-order valence-corrected chi connectivity index (χ4v) is 4.16. The van der Waals surface area contributed by atoms with Gasteiger partial charge in [0.2, 0.25) is 6.23 Å². The Labute approximate surface area is 171 Å². The summed E-state index contributed by atoms with van der Waals surface area (Å²) in [7, 11) is 1.68. The number of aromatic nitrogens is 1. The second kappa shape index (κ2) is 6.95. The zero-order valence-electron chi connectivity index (χ0n) is 15.2. The van der Waals surface area contributed by atoms with Crippen molar-refractivity contribution in [3.63, 3.8) is 0 Å². The summed E-state index contributed by atoms with van der Waals surface area (Å²) in [5.41, 5.74) is 4.21. The highest BCUT2D eigenvalue weighted by molar-refractivity contribution is 9.10. The molecular formula is C22H18BrN3O2. The molecule has 0 saturated heterocycles. The van der Waals surface area contributed by atoms with Crippen LogP contribution in [0.2, 0.25) is 0 Å². The molecule has 6 heteroatoms. The molecule has 5 nitrogen and oxygen atoms in total. The Bertz CT molecular complexity index is 1050. The quantitative estimate of drug-likeness (QED) is 0.574. The number of hydrogen-bond acceptors (Lipinski definition) is 5. The molecule has 0 unspecified atom stereocenters. The summed E-state index contributed by atoms with van der Waals surface area (Å²) in [6.45, 7) is 0. The predicted molar refractivity (Wildman–Crippen MR) is 110 cm³/mol. The molecule has 28 heavy (non-hydrogen) atoms. The monoisotopic (exact) mass is 435 g/mol. The van der Waals surface area contributed by atoms with Crippen molar-refractivity contribution in [3.8, 4) is 11.5 Å². The second-order valence-corrected chi connectivity index (χ2v) is 7.73. The van der Waals surface area contributed by atoms with Gasteiger partial charge in [0.15, 0.2) is 0 Å². The van der Waals surface area contributed by atoms with E-state index in [0.29, 0.717) is 0 Å². The number of hydrogen-bond donors (Lipinski definition) is 0. The summed E-state index contributed by atoms with van der Waals surface area (Å²) < 4.78 is 12.8. The first-order chi connectivity index (χ1) is 13.7. The Morgan fingerprint density at radius 3 is 2.89 bits per heavy atom. The first kappa shape index (κ1) is 17.3. The maximum Gasteiger partial charge on any atom is 0.215 e. The Morgan fingerprint density at radius 2 is 2.07 bits per heavy atom. The van der Waals surface area contributed by atoms with Crippen LogP contribution in [0.15, 0.2) is 76.6 Å². The van der Waals surface area contributed by atoms with E-state index in [1.165, 1.54) is 0 Å². The van der Waals surface area contributed by atoms with Gasteiger partial charge in [0.05, 0.1) is 18.9 Å². The van der Waals surface area contributed by atoms with Crippen LogP contribution in [0.25, 0.3) is 0 Å². The van der Waals surface area contributed by atoms with Gasteiger partial charge in [-0.05, 0) is 36.4 Å². The highest BCUT2D eigenvalue weighted by Crippen LogP contribution is 2.48. The summed E-state index contributed by atoms with van der Waals surface area (Å²) in [6, 6.07) is 18.2. The number of halogens is 1. The minimum absolute atomic E-state index is 0.104. The van der Waals surface area contributed by atoms with Crippen LogP contribution in [0, 0.1) is 0 Å². The molecule has 0 fully saturated rings. The molecular weight excluding hydrogens is 418 g/mol. The van der Waals surface area contributed by atoms with E-state index in [9.17, 15) is 0 Å².